The molecule has 12 heavy (non-hydrogen) atoms. The smallest absolute Gasteiger partial charge is 0.0659 e. The van der Waals surface area contributed by atoms with Crippen LogP contribution in [-0.4, -0.2) is 37.6 Å². The third-order valence-electron chi connectivity index (χ3n) is 2.25. The van der Waals surface area contributed by atoms with Crippen molar-refractivity contribution in [1.82, 2.24) is 10.2 Å². The molecule has 1 fully saturated rings. The molecule has 0 aromatic carbocycles. The van der Waals surface area contributed by atoms with Gasteiger partial charge in [0.15, 0.2) is 0 Å². The molecular weight excluding hydrogens is 148 g/mol. The molecule has 1 aliphatic heterocycles. The van der Waals surface area contributed by atoms with E-state index in [1.807, 2.05) is 7.05 Å². The molecule has 2 heteroatoms. The monoisotopic (exact) mass is 166 g/mol. The van der Waals surface area contributed by atoms with E-state index in [-0.39, 0.29) is 0 Å². The zero-order chi connectivity index (χ0) is 8.81. The SMILES string of the molecule is CNC(C)C#CCN1CCCC1. The second-order valence-corrected chi connectivity index (χ2v) is 3.31. The van der Waals surface area contributed by atoms with E-state index in [9.17, 15) is 0 Å². The van der Waals surface area contributed by atoms with Gasteiger partial charge in [0.05, 0.1) is 12.6 Å². The Hall–Kier alpha value is -0.520. The molecule has 0 saturated carbocycles. The Kier molecular flexibility index (Phi) is 4.13. The summed E-state index contributed by atoms with van der Waals surface area (Å²) < 4.78 is 0. The molecule has 1 aliphatic rings. The van der Waals surface area contributed by atoms with Gasteiger partial charge in [-0.25, -0.2) is 0 Å². The van der Waals surface area contributed by atoms with E-state index >= 15 is 0 Å². The van der Waals surface area contributed by atoms with Crippen molar-refractivity contribution in [1.29, 1.82) is 0 Å². The molecule has 0 aromatic heterocycles. The van der Waals surface area contributed by atoms with Gasteiger partial charge in [-0.1, -0.05) is 11.8 Å². The molecule has 0 aliphatic carbocycles. The second kappa shape index (κ2) is 5.18. The van der Waals surface area contributed by atoms with Crippen LogP contribution < -0.4 is 5.32 Å². The quantitative estimate of drug-likeness (QED) is 0.607. The van der Waals surface area contributed by atoms with E-state index in [0.29, 0.717) is 6.04 Å². The fourth-order valence-corrected chi connectivity index (χ4v) is 1.32. The number of hydrogen-bond acceptors (Lipinski definition) is 2. The number of likely N-dealkylation sites (tertiary alicyclic amines) is 1. The molecule has 0 aromatic rings. The maximum absolute atomic E-state index is 3.19. The topological polar surface area (TPSA) is 15.3 Å². The van der Waals surface area contributed by atoms with Crippen LogP contribution in [0, 0.1) is 11.8 Å². The van der Waals surface area contributed by atoms with Gasteiger partial charge in [0.1, 0.15) is 0 Å². The zero-order valence-electron chi connectivity index (χ0n) is 8.06. The molecular formula is C10H18N2. The fraction of sp³-hybridized carbons (Fsp3) is 0.800. The Labute approximate surface area is 75.3 Å². The highest BCUT2D eigenvalue weighted by molar-refractivity contribution is 5.07. The first-order valence-corrected chi connectivity index (χ1v) is 4.71. The number of nitrogens with one attached hydrogen (secondary N) is 1. The van der Waals surface area contributed by atoms with Crippen LogP contribution in [-0.2, 0) is 0 Å². The van der Waals surface area contributed by atoms with Gasteiger partial charge in [0, 0.05) is 0 Å². The van der Waals surface area contributed by atoms with Crippen molar-refractivity contribution >= 4 is 0 Å². The molecule has 0 radical (unpaired) electrons. The van der Waals surface area contributed by atoms with Crippen molar-refractivity contribution in [3.63, 3.8) is 0 Å². The fourth-order valence-electron chi connectivity index (χ4n) is 1.32. The Morgan fingerprint density at radius 2 is 2.08 bits per heavy atom. The van der Waals surface area contributed by atoms with E-state index in [4.69, 9.17) is 0 Å². The summed E-state index contributed by atoms with van der Waals surface area (Å²) in [5, 5.41) is 3.10. The standard InChI is InChI=1S/C10H18N2/c1-10(11-2)6-5-9-12-7-3-4-8-12/h10-11H,3-4,7-9H2,1-2H3. The lowest BCUT2D eigenvalue weighted by atomic mass is 10.3. The number of rotatable bonds is 2. The third-order valence-corrected chi connectivity index (χ3v) is 2.25. The van der Waals surface area contributed by atoms with Crippen molar-refractivity contribution < 1.29 is 0 Å². The summed E-state index contributed by atoms with van der Waals surface area (Å²) in [4.78, 5) is 2.41. The predicted octanol–water partition coefficient (Wildman–Crippen LogP) is 0.694. The average molecular weight is 166 g/mol. The minimum absolute atomic E-state index is 0.326. The van der Waals surface area contributed by atoms with Gasteiger partial charge in [-0.2, -0.15) is 0 Å². The molecule has 0 amide bonds. The van der Waals surface area contributed by atoms with Gasteiger partial charge < -0.3 is 5.32 Å². The highest BCUT2D eigenvalue weighted by Crippen LogP contribution is 2.05. The van der Waals surface area contributed by atoms with Crippen molar-refractivity contribution in [2.45, 2.75) is 25.8 Å². The van der Waals surface area contributed by atoms with Gasteiger partial charge in [0.25, 0.3) is 0 Å². The van der Waals surface area contributed by atoms with E-state index < -0.39 is 0 Å². The molecule has 0 spiro atoms. The van der Waals surface area contributed by atoms with Crippen molar-refractivity contribution in [3.05, 3.63) is 0 Å². The van der Waals surface area contributed by atoms with Crippen LogP contribution in [0.2, 0.25) is 0 Å². The van der Waals surface area contributed by atoms with Crippen LogP contribution in [0.25, 0.3) is 0 Å². The summed E-state index contributed by atoms with van der Waals surface area (Å²) in [5.74, 6) is 6.35. The van der Waals surface area contributed by atoms with Crippen LogP contribution in [0.15, 0.2) is 0 Å². The van der Waals surface area contributed by atoms with Crippen molar-refractivity contribution in [3.8, 4) is 11.8 Å². The zero-order valence-corrected chi connectivity index (χ0v) is 8.06. The van der Waals surface area contributed by atoms with E-state index in [1.165, 1.54) is 25.9 Å². The Morgan fingerprint density at radius 3 is 2.67 bits per heavy atom. The molecule has 1 heterocycles. The Bertz CT molecular complexity index is 172. The highest BCUT2D eigenvalue weighted by atomic mass is 15.1. The van der Waals surface area contributed by atoms with Gasteiger partial charge in [0.2, 0.25) is 0 Å². The lowest BCUT2D eigenvalue weighted by molar-refractivity contribution is 0.383. The summed E-state index contributed by atoms with van der Waals surface area (Å²) >= 11 is 0. The van der Waals surface area contributed by atoms with E-state index in [2.05, 4.69) is 29.0 Å². The summed E-state index contributed by atoms with van der Waals surface area (Å²) in [6.45, 7) is 5.51. The Balaban J connectivity index is 2.17. The van der Waals surface area contributed by atoms with Crippen molar-refractivity contribution in [2.24, 2.45) is 0 Å². The summed E-state index contributed by atoms with van der Waals surface area (Å²) in [6, 6.07) is 0.326. The van der Waals surface area contributed by atoms with Crippen LogP contribution in [0.4, 0.5) is 0 Å². The van der Waals surface area contributed by atoms with Crippen molar-refractivity contribution in [2.75, 3.05) is 26.7 Å². The lowest BCUT2D eigenvalue weighted by Crippen LogP contribution is -2.21. The summed E-state index contributed by atoms with van der Waals surface area (Å²) in [5.41, 5.74) is 0. The van der Waals surface area contributed by atoms with Crippen LogP contribution in [0.5, 0.6) is 0 Å². The summed E-state index contributed by atoms with van der Waals surface area (Å²) in [7, 11) is 1.94. The molecule has 0 bridgehead atoms. The molecule has 2 nitrogen and oxygen atoms in total. The summed E-state index contributed by atoms with van der Waals surface area (Å²) in [6.07, 6.45) is 2.70. The van der Waals surface area contributed by atoms with Crippen LogP contribution in [0.1, 0.15) is 19.8 Å². The maximum atomic E-state index is 3.19. The van der Waals surface area contributed by atoms with E-state index in [1.54, 1.807) is 0 Å². The molecule has 1 atom stereocenters. The number of hydrogen-bond donors (Lipinski definition) is 1. The second-order valence-electron chi connectivity index (χ2n) is 3.31. The lowest BCUT2D eigenvalue weighted by Gasteiger charge is -2.08. The number of nitrogens with zero attached hydrogens (tertiary/aromatic N) is 1. The average Bonchev–Trinajstić information content (AvgIpc) is 2.57. The molecule has 1 unspecified atom stereocenters. The molecule has 1 N–H and O–H groups in total. The largest absolute Gasteiger partial charge is 0.307 e. The van der Waals surface area contributed by atoms with E-state index in [0.717, 1.165) is 6.54 Å². The normalized spacial score (nSPS) is 20.2. The minimum Gasteiger partial charge on any atom is -0.307 e. The van der Waals surface area contributed by atoms with Gasteiger partial charge in [-0.3, -0.25) is 4.90 Å². The predicted molar refractivity (Wildman–Crippen MR) is 52.0 cm³/mol. The molecule has 68 valence electrons. The molecule has 1 rings (SSSR count). The Morgan fingerprint density at radius 1 is 1.42 bits per heavy atom. The van der Waals surface area contributed by atoms with Gasteiger partial charge >= 0.3 is 0 Å². The first-order chi connectivity index (χ1) is 5.83. The first-order valence-electron chi connectivity index (χ1n) is 4.71. The first kappa shape index (κ1) is 9.57. The van der Waals surface area contributed by atoms with Gasteiger partial charge in [-0.15, -0.1) is 0 Å². The molecule has 1 saturated heterocycles. The maximum Gasteiger partial charge on any atom is 0.0659 e. The van der Waals surface area contributed by atoms with Crippen LogP contribution >= 0.6 is 0 Å². The minimum atomic E-state index is 0.326. The third kappa shape index (κ3) is 3.25. The van der Waals surface area contributed by atoms with Crippen LogP contribution in [0.3, 0.4) is 0 Å². The highest BCUT2D eigenvalue weighted by Gasteiger charge is 2.08. The van der Waals surface area contributed by atoms with Gasteiger partial charge in [-0.05, 0) is 39.9 Å².